The maximum atomic E-state index is 5.68. The van der Waals surface area contributed by atoms with E-state index in [1.54, 1.807) is 24.2 Å². The molecule has 2 aromatic rings. The third-order valence-corrected chi connectivity index (χ3v) is 2.98. The summed E-state index contributed by atoms with van der Waals surface area (Å²) >= 11 is 1.54. The first kappa shape index (κ1) is 11.7. The van der Waals surface area contributed by atoms with Crippen molar-refractivity contribution in [3.8, 4) is 5.75 Å². The van der Waals surface area contributed by atoms with E-state index in [1.807, 2.05) is 30.3 Å². The summed E-state index contributed by atoms with van der Waals surface area (Å²) in [6.07, 6.45) is 3.22. The van der Waals surface area contributed by atoms with Gasteiger partial charge in [-0.2, -0.15) is 0 Å². The van der Waals surface area contributed by atoms with Crippen LogP contribution in [-0.2, 0) is 0 Å². The fourth-order valence-corrected chi connectivity index (χ4v) is 1.96. The zero-order valence-corrected chi connectivity index (χ0v) is 10.1. The van der Waals surface area contributed by atoms with Gasteiger partial charge in [0.25, 0.3) is 0 Å². The average Bonchev–Trinajstić information content (AvgIpc) is 2.38. The number of nitrogens with zero attached hydrogens (tertiary/aromatic N) is 2. The van der Waals surface area contributed by atoms with Crippen molar-refractivity contribution in [2.75, 3.05) is 18.1 Å². The van der Waals surface area contributed by atoms with Crippen LogP contribution in [0.15, 0.2) is 47.8 Å². The smallest absolute Gasteiger partial charge is 0.156 e. The van der Waals surface area contributed by atoms with Gasteiger partial charge in [0.1, 0.15) is 10.8 Å². The average molecular weight is 247 g/mol. The molecule has 0 spiro atoms. The van der Waals surface area contributed by atoms with Crippen LogP contribution in [-0.4, -0.2) is 22.3 Å². The molecule has 0 aliphatic rings. The van der Waals surface area contributed by atoms with Gasteiger partial charge < -0.3 is 10.5 Å². The number of nitrogen functional groups attached to an aromatic ring is 1. The highest BCUT2D eigenvalue weighted by Gasteiger charge is 2.01. The molecule has 1 aromatic heterocycles. The Kier molecular flexibility index (Phi) is 4.21. The monoisotopic (exact) mass is 247 g/mol. The van der Waals surface area contributed by atoms with Gasteiger partial charge in [-0.25, -0.2) is 9.97 Å². The molecule has 0 aliphatic carbocycles. The standard InChI is InChI=1S/C12H13N3OS/c13-11-12(15-7-6-14-11)17-9-8-16-10-4-2-1-3-5-10/h1-7H,8-9H2,(H2,13,14). The Morgan fingerprint density at radius 1 is 1.12 bits per heavy atom. The number of ether oxygens (including phenoxy) is 1. The highest BCUT2D eigenvalue weighted by Crippen LogP contribution is 2.19. The van der Waals surface area contributed by atoms with Crippen LogP contribution in [0.2, 0.25) is 0 Å². The third kappa shape index (κ3) is 3.64. The summed E-state index contributed by atoms with van der Waals surface area (Å²) in [6, 6.07) is 9.72. The molecule has 0 saturated carbocycles. The second kappa shape index (κ2) is 6.10. The first-order chi connectivity index (χ1) is 8.36. The minimum Gasteiger partial charge on any atom is -0.493 e. The molecule has 0 aliphatic heterocycles. The predicted octanol–water partition coefficient (Wildman–Crippen LogP) is 2.23. The number of rotatable bonds is 5. The third-order valence-electron chi connectivity index (χ3n) is 2.03. The minimum atomic E-state index is 0.470. The predicted molar refractivity (Wildman–Crippen MR) is 69.1 cm³/mol. The second-order valence-corrected chi connectivity index (χ2v) is 4.34. The lowest BCUT2D eigenvalue weighted by molar-refractivity contribution is 0.344. The molecule has 17 heavy (non-hydrogen) atoms. The topological polar surface area (TPSA) is 61.0 Å². The number of hydrogen-bond donors (Lipinski definition) is 1. The van der Waals surface area contributed by atoms with Gasteiger partial charge in [-0.3, -0.25) is 0 Å². The second-order valence-electron chi connectivity index (χ2n) is 3.26. The number of hydrogen-bond acceptors (Lipinski definition) is 5. The van der Waals surface area contributed by atoms with Crippen molar-refractivity contribution < 1.29 is 4.74 Å². The first-order valence-corrected chi connectivity index (χ1v) is 6.22. The molecule has 0 bridgehead atoms. The maximum absolute atomic E-state index is 5.68. The van der Waals surface area contributed by atoms with Gasteiger partial charge in [0.05, 0.1) is 6.61 Å². The van der Waals surface area contributed by atoms with E-state index in [-0.39, 0.29) is 0 Å². The van der Waals surface area contributed by atoms with Crippen molar-refractivity contribution in [1.29, 1.82) is 0 Å². The Hall–Kier alpha value is -1.75. The lowest BCUT2D eigenvalue weighted by atomic mass is 10.3. The van der Waals surface area contributed by atoms with E-state index in [0.29, 0.717) is 12.4 Å². The van der Waals surface area contributed by atoms with Crippen LogP contribution >= 0.6 is 11.8 Å². The molecular formula is C12H13N3OS. The summed E-state index contributed by atoms with van der Waals surface area (Å²) < 4.78 is 5.56. The van der Waals surface area contributed by atoms with Gasteiger partial charge >= 0.3 is 0 Å². The maximum Gasteiger partial charge on any atom is 0.156 e. The number of benzene rings is 1. The minimum absolute atomic E-state index is 0.470. The van der Waals surface area contributed by atoms with Crippen LogP contribution in [0, 0.1) is 0 Å². The van der Waals surface area contributed by atoms with E-state index in [0.717, 1.165) is 16.5 Å². The van der Waals surface area contributed by atoms with Crippen molar-refractivity contribution in [3.63, 3.8) is 0 Å². The molecule has 0 saturated heterocycles. The Balaban J connectivity index is 1.76. The normalized spacial score (nSPS) is 10.1. The molecule has 0 radical (unpaired) electrons. The molecule has 0 unspecified atom stereocenters. The van der Waals surface area contributed by atoms with E-state index >= 15 is 0 Å². The fourth-order valence-electron chi connectivity index (χ4n) is 1.26. The lowest BCUT2D eigenvalue weighted by Crippen LogP contribution is -2.01. The van der Waals surface area contributed by atoms with E-state index < -0.39 is 0 Å². The highest BCUT2D eigenvalue weighted by molar-refractivity contribution is 7.99. The Morgan fingerprint density at radius 2 is 1.88 bits per heavy atom. The van der Waals surface area contributed by atoms with Gasteiger partial charge in [0.2, 0.25) is 0 Å². The lowest BCUT2D eigenvalue weighted by Gasteiger charge is -2.05. The molecule has 2 rings (SSSR count). The summed E-state index contributed by atoms with van der Waals surface area (Å²) in [5, 5.41) is 0.754. The van der Waals surface area contributed by atoms with Crippen molar-refractivity contribution in [1.82, 2.24) is 9.97 Å². The Morgan fingerprint density at radius 3 is 2.65 bits per heavy atom. The van der Waals surface area contributed by atoms with Crippen LogP contribution in [0.5, 0.6) is 5.75 Å². The summed E-state index contributed by atoms with van der Waals surface area (Å²) in [6.45, 7) is 0.616. The van der Waals surface area contributed by atoms with Crippen LogP contribution < -0.4 is 10.5 Å². The summed E-state index contributed by atoms with van der Waals surface area (Å²) in [5.41, 5.74) is 5.68. The quantitative estimate of drug-likeness (QED) is 0.648. The van der Waals surface area contributed by atoms with Crippen molar-refractivity contribution in [2.45, 2.75) is 5.03 Å². The van der Waals surface area contributed by atoms with E-state index in [4.69, 9.17) is 10.5 Å². The molecule has 1 heterocycles. The fraction of sp³-hybridized carbons (Fsp3) is 0.167. The Bertz CT molecular complexity index is 464. The molecule has 1 aromatic carbocycles. The summed E-state index contributed by atoms with van der Waals surface area (Å²) in [7, 11) is 0. The van der Waals surface area contributed by atoms with Gasteiger partial charge in [0, 0.05) is 18.1 Å². The SMILES string of the molecule is Nc1nccnc1SCCOc1ccccc1. The van der Waals surface area contributed by atoms with Crippen LogP contribution in [0.25, 0.3) is 0 Å². The zero-order chi connectivity index (χ0) is 11.9. The highest BCUT2D eigenvalue weighted by atomic mass is 32.2. The number of anilines is 1. The van der Waals surface area contributed by atoms with Crippen molar-refractivity contribution in [3.05, 3.63) is 42.7 Å². The molecule has 88 valence electrons. The number of aromatic nitrogens is 2. The molecule has 2 N–H and O–H groups in total. The Labute approximate surface area is 104 Å². The molecule has 0 atom stereocenters. The van der Waals surface area contributed by atoms with Crippen molar-refractivity contribution >= 4 is 17.6 Å². The van der Waals surface area contributed by atoms with Gasteiger partial charge in [-0.05, 0) is 12.1 Å². The largest absolute Gasteiger partial charge is 0.493 e. The number of thioether (sulfide) groups is 1. The van der Waals surface area contributed by atoms with Gasteiger partial charge in [0.15, 0.2) is 5.82 Å². The zero-order valence-electron chi connectivity index (χ0n) is 9.24. The molecule has 0 fully saturated rings. The van der Waals surface area contributed by atoms with Crippen LogP contribution in [0.3, 0.4) is 0 Å². The van der Waals surface area contributed by atoms with E-state index in [1.165, 1.54) is 0 Å². The molecule has 4 nitrogen and oxygen atoms in total. The molecule has 5 heteroatoms. The number of para-hydroxylation sites is 1. The molecular weight excluding hydrogens is 234 g/mol. The van der Waals surface area contributed by atoms with E-state index in [9.17, 15) is 0 Å². The summed E-state index contributed by atoms with van der Waals surface area (Å²) in [5.74, 6) is 2.13. The van der Waals surface area contributed by atoms with Gasteiger partial charge in [-0.15, -0.1) is 0 Å². The van der Waals surface area contributed by atoms with Gasteiger partial charge in [-0.1, -0.05) is 30.0 Å². The summed E-state index contributed by atoms with van der Waals surface area (Å²) in [4.78, 5) is 8.11. The van der Waals surface area contributed by atoms with Crippen LogP contribution in [0.4, 0.5) is 5.82 Å². The van der Waals surface area contributed by atoms with E-state index in [2.05, 4.69) is 9.97 Å². The van der Waals surface area contributed by atoms with Crippen LogP contribution in [0.1, 0.15) is 0 Å². The van der Waals surface area contributed by atoms with Crippen molar-refractivity contribution in [2.24, 2.45) is 0 Å². The number of nitrogens with two attached hydrogens (primary N) is 1. The first-order valence-electron chi connectivity index (χ1n) is 5.23. The molecule has 0 amide bonds.